The molecule has 1 fully saturated rings. The van der Waals surface area contributed by atoms with Crippen molar-refractivity contribution in [3.63, 3.8) is 0 Å². The van der Waals surface area contributed by atoms with Crippen LogP contribution in [0.1, 0.15) is 30.1 Å². The second kappa shape index (κ2) is 4.49. The molecule has 0 radical (unpaired) electrons. The summed E-state index contributed by atoms with van der Waals surface area (Å²) in [7, 11) is 0. The zero-order valence-electron chi connectivity index (χ0n) is 9.79. The summed E-state index contributed by atoms with van der Waals surface area (Å²) >= 11 is 5.79. The smallest absolute Gasteiger partial charge is 0.335 e. The van der Waals surface area contributed by atoms with Crippen LogP contribution in [0.5, 0.6) is 0 Å². The van der Waals surface area contributed by atoms with Gasteiger partial charge in [-0.15, -0.1) is 0 Å². The van der Waals surface area contributed by atoms with Gasteiger partial charge in [0.05, 0.1) is 5.56 Å². The highest BCUT2D eigenvalue weighted by atomic mass is 35.5. The molecule has 1 aliphatic rings. The van der Waals surface area contributed by atoms with E-state index in [-0.39, 0.29) is 22.2 Å². The van der Waals surface area contributed by atoms with Gasteiger partial charge in [-0.25, -0.2) is 9.59 Å². The van der Waals surface area contributed by atoms with E-state index in [1.807, 2.05) is 6.92 Å². The summed E-state index contributed by atoms with van der Waals surface area (Å²) in [6, 6.07) is 3.84. The number of anilines is 1. The highest BCUT2D eigenvalue weighted by molar-refractivity contribution is 6.31. The molecule has 96 valence electrons. The minimum absolute atomic E-state index is 0.0374. The van der Waals surface area contributed by atoms with Gasteiger partial charge in [-0.3, -0.25) is 0 Å². The molecule has 18 heavy (non-hydrogen) atoms. The molecule has 0 aromatic heterocycles. The average molecular weight is 269 g/mol. The van der Waals surface area contributed by atoms with E-state index in [0.717, 1.165) is 12.8 Å². The number of amides is 2. The molecule has 0 bridgehead atoms. The number of halogens is 1. The largest absolute Gasteiger partial charge is 0.478 e. The van der Waals surface area contributed by atoms with Crippen molar-refractivity contribution in [2.45, 2.75) is 25.3 Å². The van der Waals surface area contributed by atoms with Gasteiger partial charge < -0.3 is 15.7 Å². The van der Waals surface area contributed by atoms with Crippen molar-refractivity contribution < 1.29 is 14.7 Å². The molecule has 6 heteroatoms. The van der Waals surface area contributed by atoms with Gasteiger partial charge >= 0.3 is 12.0 Å². The normalized spacial score (nSPS) is 15.9. The molecular formula is C12H13ClN2O3. The number of nitrogens with one attached hydrogen (secondary N) is 2. The first-order valence-corrected chi connectivity index (χ1v) is 5.89. The number of carboxylic acid groups (broad SMARTS) is 1. The molecule has 0 spiro atoms. The van der Waals surface area contributed by atoms with Gasteiger partial charge in [-0.2, -0.15) is 0 Å². The van der Waals surface area contributed by atoms with Crippen LogP contribution in [0.2, 0.25) is 5.02 Å². The van der Waals surface area contributed by atoms with Crippen molar-refractivity contribution in [1.29, 1.82) is 0 Å². The summed E-state index contributed by atoms with van der Waals surface area (Å²) < 4.78 is 0. The number of urea groups is 1. The minimum atomic E-state index is -1.09. The molecule has 0 saturated heterocycles. The highest BCUT2D eigenvalue weighted by Crippen LogP contribution is 2.34. The zero-order valence-corrected chi connectivity index (χ0v) is 10.5. The SMILES string of the molecule is CC1(NC(=O)Nc2cc(Cl)cc(C(=O)O)c2)CC1. The lowest BCUT2D eigenvalue weighted by Gasteiger charge is -2.13. The Bertz CT molecular complexity index is 512. The van der Waals surface area contributed by atoms with Gasteiger partial charge in [-0.05, 0) is 38.0 Å². The van der Waals surface area contributed by atoms with E-state index in [9.17, 15) is 9.59 Å². The topological polar surface area (TPSA) is 78.4 Å². The summed E-state index contributed by atoms with van der Waals surface area (Å²) in [5.74, 6) is -1.09. The Morgan fingerprint density at radius 2 is 2.00 bits per heavy atom. The summed E-state index contributed by atoms with van der Waals surface area (Å²) in [6.45, 7) is 1.95. The first-order valence-electron chi connectivity index (χ1n) is 5.51. The molecule has 1 aromatic rings. The number of hydrogen-bond acceptors (Lipinski definition) is 2. The van der Waals surface area contributed by atoms with Gasteiger partial charge in [0.25, 0.3) is 0 Å². The summed E-state index contributed by atoms with van der Waals surface area (Å²) in [6.07, 6.45) is 1.91. The van der Waals surface area contributed by atoms with Crippen LogP contribution in [0.4, 0.5) is 10.5 Å². The van der Waals surface area contributed by atoms with E-state index in [1.165, 1.54) is 18.2 Å². The van der Waals surface area contributed by atoms with Crippen LogP contribution < -0.4 is 10.6 Å². The van der Waals surface area contributed by atoms with E-state index in [1.54, 1.807) is 0 Å². The first kappa shape index (κ1) is 12.7. The molecular weight excluding hydrogens is 256 g/mol. The lowest BCUT2D eigenvalue weighted by Crippen LogP contribution is -2.37. The molecule has 0 unspecified atom stereocenters. The molecule has 0 atom stereocenters. The van der Waals surface area contributed by atoms with Crippen LogP contribution in [-0.4, -0.2) is 22.6 Å². The number of rotatable bonds is 3. The monoisotopic (exact) mass is 268 g/mol. The maximum Gasteiger partial charge on any atom is 0.335 e. The second-order valence-corrected chi connectivity index (χ2v) is 5.11. The second-order valence-electron chi connectivity index (χ2n) is 4.67. The van der Waals surface area contributed by atoms with E-state index in [2.05, 4.69) is 10.6 Å². The van der Waals surface area contributed by atoms with Crippen molar-refractivity contribution in [3.8, 4) is 0 Å². The quantitative estimate of drug-likeness (QED) is 0.789. The summed E-state index contributed by atoms with van der Waals surface area (Å²) in [5, 5.41) is 14.5. The van der Waals surface area contributed by atoms with Crippen LogP contribution in [0.15, 0.2) is 18.2 Å². The Hall–Kier alpha value is -1.75. The molecule has 2 amide bonds. The lowest BCUT2D eigenvalue weighted by molar-refractivity contribution is 0.0697. The molecule has 2 rings (SSSR count). The van der Waals surface area contributed by atoms with Gasteiger partial charge in [-0.1, -0.05) is 11.6 Å². The third kappa shape index (κ3) is 3.13. The molecule has 5 nitrogen and oxygen atoms in total. The zero-order chi connectivity index (χ0) is 13.3. The van der Waals surface area contributed by atoms with E-state index in [0.29, 0.717) is 5.69 Å². The van der Waals surface area contributed by atoms with Crippen molar-refractivity contribution >= 4 is 29.3 Å². The molecule has 0 heterocycles. The third-order valence-electron chi connectivity index (χ3n) is 2.82. The van der Waals surface area contributed by atoms with E-state index < -0.39 is 5.97 Å². The van der Waals surface area contributed by atoms with E-state index in [4.69, 9.17) is 16.7 Å². The highest BCUT2D eigenvalue weighted by Gasteiger charge is 2.38. The number of carbonyl (C=O) groups excluding carboxylic acids is 1. The number of benzene rings is 1. The van der Waals surface area contributed by atoms with Crippen molar-refractivity contribution in [1.82, 2.24) is 5.32 Å². The maximum atomic E-state index is 11.6. The number of hydrogen-bond donors (Lipinski definition) is 3. The molecule has 0 aliphatic heterocycles. The Labute approximate surface area is 109 Å². The number of carbonyl (C=O) groups is 2. The lowest BCUT2D eigenvalue weighted by atomic mass is 10.2. The van der Waals surface area contributed by atoms with Crippen LogP contribution in [-0.2, 0) is 0 Å². The summed E-state index contributed by atoms with van der Waals surface area (Å²) in [5.41, 5.74) is 0.273. The van der Waals surface area contributed by atoms with Gasteiger partial charge in [0.15, 0.2) is 0 Å². The van der Waals surface area contributed by atoms with Crippen LogP contribution in [0, 0.1) is 0 Å². The van der Waals surface area contributed by atoms with Crippen molar-refractivity contribution in [2.75, 3.05) is 5.32 Å². The Balaban J connectivity index is 2.08. The van der Waals surface area contributed by atoms with Gasteiger partial charge in [0, 0.05) is 16.2 Å². The van der Waals surface area contributed by atoms with Crippen LogP contribution >= 0.6 is 11.6 Å². The number of carboxylic acids is 1. The number of aromatic carboxylic acids is 1. The molecule has 1 aliphatic carbocycles. The van der Waals surface area contributed by atoms with Crippen LogP contribution in [0.25, 0.3) is 0 Å². The standard InChI is InChI=1S/C12H13ClN2O3/c1-12(2-3-12)15-11(18)14-9-5-7(10(16)17)4-8(13)6-9/h4-6H,2-3H2,1H3,(H,16,17)(H2,14,15,18). The molecule has 3 N–H and O–H groups in total. The third-order valence-corrected chi connectivity index (χ3v) is 3.04. The minimum Gasteiger partial charge on any atom is -0.478 e. The van der Waals surface area contributed by atoms with Gasteiger partial charge in [0.1, 0.15) is 0 Å². The predicted molar refractivity (Wildman–Crippen MR) is 68.2 cm³/mol. The fraction of sp³-hybridized carbons (Fsp3) is 0.333. The predicted octanol–water partition coefficient (Wildman–Crippen LogP) is 2.71. The Kier molecular flexibility index (Phi) is 3.17. The Morgan fingerprint density at radius 3 is 2.56 bits per heavy atom. The molecule has 1 aromatic carbocycles. The maximum absolute atomic E-state index is 11.6. The fourth-order valence-electron chi connectivity index (χ4n) is 1.53. The fourth-order valence-corrected chi connectivity index (χ4v) is 1.77. The van der Waals surface area contributed by atoms with Gasteiger partial charge in [0.2, 0.25) is 0 Å². The summed E-state index contributed by atoms with van der Waals surface area (Å²) in [4.78, 5) is 22.5. The van der Waals surface area contributed by atoms with E-state index >= 15 is 0 Å². The molecule has 1 saturated carbocycles. The van der Waals surface area contributed by atoms with Crippen molar-refractivity contribution in [3.05, 3.63) is 28.8 Å². The van der Waals surface area contributed by atoms with Crippen LogP contribution in [0.3, 0.4) is 0 Å². The average Bonchev–Trinajstić information content (AvgIpc) is 2.94. The van der Waals surface area contributed by atoms with Crippen molar-refractivity contribution in [2.24, 2.45) is 0 Å². The Morgan fingerprint density at radius 1 is 1.33 bits per heavy atom. The first-order chi connectivity index (χ1) is 8.38.